The summed E-state index contributed by atoms with van der Waals surface area (Å²) >= 11 is 0. The average Bonchev–Trinajstić information content (AvgIpc) is 3.53. The van der Waals surface area contributed by atoms with Gasteiger partial charge in [0.25, 0.3) is 5.91 Å². The number of carboxylic acids is 1. The molecule has 3 fully saturated rings. The van der Waals surface area contributed by atoms with Gasteiger partial charge in [0.1, 0.15) is 6.33 Å². The van der Waals surface area contributed by atoms with Crippen LogP contribution < -0.4 is 11.1 Å². The van der Waals surface area contributed by atoms with Gasteiger partial charge in [0.2, 0.25) is 5.82 Å². The first-order chi connectivity index (χ1) is 24.4. The van der Waals surface area contributed by atoms with Crippen molar-refractivity contribution in [1.82, 2.24) is 20.1 Å². The third-order valence-corrected chi connectivity index (χ3v) is 16.8. The molecule has 6 rings (SSSR count). The van der Waals surface area contributed by atoms with Gasteiger partial charge in [0.15, 0.2) is 0 Å². The Labute approximate surface area is 319 Å². The standard InChI is InChI=1S/C43H71N5O5/c1-25(2)27(5)38(9)18-19-40(11)28-14-15-31-39(10)21-52-23-43(31,29(28)16-17-41(40,12)32(38)36(50)51)20-30(33(39)53-22-42(13,44)37(6,7)8)48-34(45-24-46-48)35(49)47-26(3)4/h24-27,30-33H,14-23,44H2,1-13H3,(H,47,49)(H,50,51)/t27-,30-,31+,32-,33+,38-,39-,40+,41+,42+,43+/m1/s1. The van der Waals surface area contributed by atoms with Crippen LogP contribution in [0.1, 0.15) is 152 Å². The van der Waals surface area contributed by atoms with E-state index in [1.54, 1.807) is 0 Å². The third kappa shape index (κ3) is 5.88. The lowest BCUT2D eigenvalue weighted by atomic mass is 9.36. The molecule has 2 heterocycles. The summed E-state index contributed by atoms with van der Waals surface area (Å²) in [4.78, 5) is 31.7. The van der Waals surface area contributed by atoms with Crippen LogP contribution in [0.2, 0.25) is 0 Å². The Balaban J connectivity index is 1.49. The van der Waals surface area contributed by atoms with E-state index < -0.39 is 22.8 Å². The van der Waals surface area contributed by atoms with E-state index in [4.69, 9.17) is 20.3 Å². The normalized spacial score (nSPS) is 40.2. The zero-order valence-corrected chi connectivity index (χ0v) is 35.2. The molecular formula is C43H71N5O5. The van der Waals surface area contributed by atoms with E-state index in [0.29, 0.717) is 38.0 Å². The van der Waals surface area contributed by atoms with Gasteiger partial charge in [-0.15, -0.1) is 0 Å². The van der Waals surface area contributed by atoms with Gasteiger partial charge in [-0.1, -0.05) is 80.4 Å². The lowest BCUT2D eigenvalue weighted by Gasteiger charge is -2.69. The molecule has 10 nitrogen and oxygen atoms in total. The van der Waals surface area contributed by atoms with E-state index in [0.717, 1.165) is 38.5 Å². The van der Waals surface area contributed by atoms with Crippen LogP contribution in [0.5, 0.6) is 0 Å². The second-order valence-electron chi connectivity index (χ2n) is 21.1. The summed E-state index contributed by atoms with van der Waals surface area (Å²) in [6.45, 7) is 30.0. The van der Waals surface area contributed by atoms with E-state index in [-0.39, 0.29) is 63.0 Å². The zero-order valence-electron chi connectivity index (χ0n) is 35.2. The second-order valence-corrected chi connectivity index (χ2v) is 21.1. The molecule has 1 saturated heterocycles. The highest BCUT2D eigenvalue weighted by Crippen LogP contribution is 2.75. The van der Waals surface area contributed by atoms with Gasteiger partial charge >= 0.3 is 5.97 Å². The van der Waals surface area contributed by atoms with Crippen molar-refractivity contribution in [3.05, 3.63) is 23.3 Å². The minimum atomic E-state index is -0.642. The van der Waals surface area contributed by atoms with Crippen molar-refractivity contribution >= 4 is 11.9 Å². The molecule has 1 aromatic heterocycles. The van der Waals surface area contributed by atoms with Crippen LogP contribution >= 0.6 is 0 Å². The number of ether oxygens (including phenoxy) is 2. The molecule has 1 aliphatic heterocycles. The molecule has 53 heavy (non-hydrogen) atoms. The van der Waals surface area contributed by atoms with Gasteiger partial charge < -0.3 is 25.6 Å². The fourth-order valence-corrected chi connectivity index (χ4v) is 12.5. The molecule has 0 radical (unpaired) electrons. The molecule has 0 unspecified atom stereocenters. The van der Waals surface area contributed by atoms with Crippen LogP contribution in [0.4, 0.5) is 0 Å². The smallest absolute Gasteiger partial charge is 0.307 e. The summed E-state index contributed by atoms with van der Waals surface area (Å²) < 4.78 is 15.7. The molecule has 2 bridgehead atoms. The molecule has 4 N–H and O–H groups in total. The minimum Gasteiger partial charge on any atom is -0.481 e. The average molecular weight is 738 g/mol. The summed E-state index contributed by atoms with van der Waals surface area (Å²) in [7, 11) is 0. The number of rotatable bonds is 9. The predicted molar refractivity (Wildman–Crippen MR) is 207 cm³/mol. The summed E-state index contributed by atoms with van der Waals surface area (Å²) in [5.74, 6) is -0.0514. The molecule has 298 valence electrons. The number of nitrogens with one attached hydrogen (secondary N) is 1. The summed E-state index contributed by atoms with van der Waals surface area (Å²) in [6.07, 6.45) is 7.40. The van der Waals surface area contributed by atoms with E-state index in [1.165, 1.54) is 17.5 Å². The van der Waals surface area contributed by atoms with E-state index >= 15 is 0 Å². The van der Waals surface area contributed by atoms with E-state index in [9.17, 15) is 14.7 Å². The van der Waals surface area contributed by atoms with Crippen LogP contribution in [0, 0.1) is 56.2 Å². The Bertz CT molecular complexity index is 1630. The Morgan fingerprint density at radius 2 is 1.72 bits per heavy atom. The maximum atomic E-state index is 13.7. The molecule has 0 spiro atoms. The molecule has 5 aliphatic rings. The predicted octanol–water partition coefficient (Wildman–Crippen LogP) is 7.84. The first-order valence-corrected chi connectivity index (χ1v) is 20.6. The van der Waals surface area contributed by atoms with Crippen molar-refractivity contribution in [1.29, 1.82) is 0 Å². The number of nitrogens with zero attached hydrogens (tertiary/aromatic N) is 3. The van der Waals surface area contributed by atoms with Crippen molar-refractivity contribution in [3.8, 4) is 0 Å². The fraction of sp³-hybridized carbons (Fsp3) is 0.860. The van der Waals surface area contributed by atoms with E-state index in [1.807, 2.05) is 18.5 Å². The first kappa shape index (κ1) is 40.4. The molecule has 2 saturated carbocycles. The highest BCUT2D eigenvalue weighted by atomic mass is 16.5. The number of aromatic nitrogens is 3. The van der Waals surface area contributed by atoms with Crippen molar-refractivity contribution in [3.63, 3.8) is 0 Å². The van der Waals surface area contributed by atoms with Gasteiger partial charge in [-0.25, -0.2) is 9.67 Å². The number of nitrogens with two attached hydrogens (primary N) is 1. The molecule has 10 heteroatoms. The van der Waals surface area contributed by atoms with Gasteiger partial charge in [-0.2, -0.15) is 5.10 Å². The maximum absolute atomic E-state index is 13.7. The van der Waals surface area contributed by atoms with Crippen molar-refractivity contribution in [2.24, 2.45) is 61.9 Å². The molecule has 1 amide bonds. The zero-order chi connectivity index (χ0) is 39.3. The van der Waals surface area contributed by atoms with Gasteiger partial charge in [-0.3, -0.25) is 9.59 Å². The highest BCUT2D eigenvalue weighted by Gasteiger charge is 2.70. The van der Waals surface area contributed by atoms with Gasteiger partial charge in [0, 0.05) is 22.4 Å². The fourth-order valence-electron chi connectivity index (χ4n) is 12.5. The lowest BCUT2D eigenvalue weighted by molar-refractivity contribution is -0.242. The number of carboxylic acid groups (broad SMARTS) is 1. The van der Waals surface area contributed by atoms with Crippen LogP contribution in [-0.2, 0) is 14.3 Å². The number of amides is 1. The SMILES string of the molecule is CC(C)NC(=O)c1ncnn1[C@@H]1C[C@@]23COC[C@](C)([C@@H]2CCC2=C3CC[C@@]3(C)[C@H](C(=O)O)[C@@](C)([C@H](C)C(C)C)CC[C@@]23C)[C@H]1OC[C@](C)(N)C(C)(C)C. The second kappa shape index (κ2) is 13.1. The molecule has 4 aliphatic carbocycles. The van der Waals surface area contributed by atoms with Crippen molar-refractivity contribution < 1.29 is 24.2 Å². The lowest BCUT2D eigenvalue weighted by Crippen LogP contribution is -2.68. The number of hydrogen-bond donors (Lipinski definition) is 3. The monoisotopic (exact) mass is 738 g/mol. The number of carbonyl (C=O) groups is 2. The largest absolute Gasteiger partial charge is 0.481 e. The number of carbonyl (C=O) groups excluding carboxylic acids is 1. The highest BCUT2D eigenvalue weighted by molar-refractivity contribution is 5.90. The van der Waals surface area contributed by atoms with E-state index in [2.05, 4.69) is 86.5 Å². The van der Waals surface area contributed by atoms with Gasteiger partial charge in [0.05, 0.1) is 37.9 Å². The molecular weight excluding hydrogens is 667 g/mol. The number of allylic oxidation sites excluding steroid dienone is 1. The summed E-state index contributed by atoms with van der Waals surface area (Å²) in [5, 5.41) is 19.0. The summed E-state index contributed by atoms with van der Waals surface area (Å²) in [5.41, 5.74) is 7.51. The minimum absolute atomic E-state index is 0.0529. The topological polar surface area (TPSA) is 142 Å². The van der Waals surface area contributed by atoms with Crippen molar-refractivity contribution in [2.45, 2.75) is 159 Å². The number of fused-ring (bicyclic) bond motifs is 2. The molecule has 1 aromatic rings. The first-order valence-electron chi connectivity index (χ1n) is 20.6. The number of hydrogen-bond acceptors (Lipinski definition) is 7. The number of aliphatic carboxylic acids is 1. The Kier molecular flexibility index (Phi) is 10.0. The van der Waals surface area contributed by atoms with Gasteiger partial charge in [-0.05, 0) is 105 Å². The van der Waals surface area contributed by atoms with Crippen LogP contribution in [0.25, 0.3) is 0 Å². The Morgan fingerprint density at radius 1 is 1.04 bits per heavy atom. The Morgan fingerprint density at radius 3 is 2.32 bits per heavy atom. The van der Waals surface area contributed by atoms with Crippen molar-refractivity contribution in [2.75, 3.05) is 19.8 Å². The molecule has 0 aromatic carbocycles. The quantitative estimate of drug-likeness (QED) is 0.218. The maximum Gasteiger partial charge on any atom is 0.307 e. The van der Waals surface area contributed by atoms with Crippen LogP contribution in [0.15, 0.2) is 17.5 Å². The third-order valence-electron chi connectivity index (χ3n) is 16.8. The molecule has 11 atom stereocenters. The van der Waals surface area contributed by atoms with Crippen LogP contribution in [-0.4, -0.2) is 69.3 Å². The summed E-state index contributed by atoms with van der Waals surface area (Å²) in [6, 6.07) is -0.337. The Hall–Kier alpha value is -2.30. The van der Waals surface area contributed by atoms with Crippen LogP contribution in [0.3, 0.4) is 0 Å².